The van der Waals surface area contributed by atoms with E-state index < -0.39 is 0 Å². The molecule has 1 aromatic carbocycles. The summed E-state index contributed by atoms with van der Waals surface area (Å²) in [5, 5.41) is 0. The fourth-order valence-corrected chi connectivity index (χ4v) is 1.99. The molecule has 1 aromatic rings. The van der Waals surface area contributed by atoms with E-state index in [4.69, 9.17) is 10.5 Å². The van der Waals surface area contributed by atoms with Crippen LogP contribution in [0.2, 0.25) is 0 Å². The van der Waals surface area contributed by atoms with Gasteiger partial charge < -0.3 is 10.5 Å². The minimum atomic E-state index is 0.650. The molecule has 2 heteroatoms. The lowest BCUT2D eigenvalue weighted by Gasteiger charge is -2.10. The second kappa shape index (κ2) is 3.37. The number of nitrogens with two attached hydrogens (primary N) is 1. The molecule has 0 amide bonds. The molecule has 0 bridgehead atoms. The van der Waals surface area contributed by atoms with Crippen LogP contribution in [-0.4, -0.2) is 7.11 Å². The van der Waals surface area contributed by atoms with Gasteiger partial charge in [0, 0.05) is 11.3 Å². The molecule has 74 valence electrons. The van der Waals surface area contributed by atoms with Crippen molar-refractivity contribution >= 4 is 11.4 Å². The summed E-state index contributed by atoms with van der Waals surface area (Å²) in [6.07, 6.45) is 3.54. The predicted octanol–water partition coefficient (Wildman–Crippen LogP) is 2.37. The highest BCUT2D eigenvalue weighted by atomic mass is 16.5. The van der Waals surface area contributed by atoms with Gasteiger partial charge in [0.1, 0.15) is 5.76 Å². The summed E-state index contributed by atoms with van der Waals surface area (Å²) in [6, 6.07) is 4.17. The van der Waals surface area contributed by atoms with Crippen molar-refractivity contribution in [2.75, 3.05) is 12.8 Å². The first-order chi connectivity index (χ1) is 6.72. The fraction of sp³-hybridized carbons (Fsp3) is 0.333. The van der Waals surface area contributed by atoms with E-state index in [1.807, 2.05) is 0 Å². The van der Waals surface area contributed by atoms with Gasteiger partial charge in [0.25, 0.3) is 0 Å². The number of benzene rings is 1. The van der Waals surface area contributed by atoms with Gasteiger partial charge in [0.15, 0.2) is 0 Å². The van der Waals surface area contributed by atoms with Gasteiger partial charge in [0.2, 0.25) is 0 Å². The highest BCUT2D eigenvalue weighted by Crippen LogP contribution is 2.30. The van der Waals surface area contributed by atoms with Crippen LogP contribution in [0.3, 0.4) is 0 Å². The second-order valence-corrected chi connectivity index (χ2v) is 3.69. The number of fused-ring (bicyclic) bond motifs is 1. The van der Waals surface area contributed by atoms with E-state index in [0.717, 1.165) is 24.1 Å². The number of anilines is 1. The van der Waals surface area contributed by atoms with Crippen LogP contribution in [0.4, 0.5) is 5.69 Å². The molecule has 0 saturated heterocycles. The molecule has 0 spiro atoms. The first-order valence-corrected chi connectivity index (χ1v) is 4.87. The maximum absolute atomic E-state index is 5.93. The molecule has 0 atom stereocenters. The van der Waals surface area contributed by atoms with Crippen LogP contribution in [0.5, 0.6) is 0 Å². The quantitative estimate of drug-likeness (QED) is 0.572. The standard InChI is InChI=1S/C12H15NO/c1-8(14-2)11-6-9-4-3-5-10(9)7-12(11)13/h6-7H,1,3-5,13H2,2H3. The van der Waals surface area contributed by atoms with E-state index in [1.54, 1.807) is 7.11 Å². The monoisotopic (exact) mass is 189 g/mol. The average molecular weight is 189 g/mol. The molecule has 1 aliphatic rings. The topological polar surface area (TPSA) is 35.2 Å². The zero-order valence-electron chi connectivity index (χ0n) is 8.47. The van der Waals surface area contributed by atoms with E-state index in [1.165, 1.54) is 17.5 Å². The predicted molar refractivity (Wildman–Crippen MR) is 58.9 cm³/mol. The Kier molecular flexibility index (Phi) is 2.20. The third-order valence-corrected chi connectivity index (χ3v) is 2.81. The van der Waals surface area contributed by atoms with E-state index in [2.05, 4.69) is 18.7 Å². The van der Waals surface area contributed by atoms with Gasteiger partial charge in [0.05, 0.1) is 7.11 Å². The molecule has 14 heavy (non-hydrogen) atoms. The van der Waals surface area contributed by atoms with Crippen LogP contribution in [0.15, 0.2) is 18.7 Å². The Balaban J connectivity index is 2.47. The molecule has 0 heterocycles. The van der Waals surface area contributed by atoms with Crippen molar-refractivity contribution in [3.8, 4) is 0 Å². The summed E-state index contributed by atoms with van der Waals surface area (Å²) in [5.74, 6) is 0.650. The molecular weight excluding hydrogens is 174 g/mol. The molecule has 1 aliphatic carbocycles. The van der Waals surface area contributed by atoms with Crippen LogP contribution in [0.25, 0.3) is 5.76 Å². The number of rotatable bonds is 2. The molecular formula is C12H15NO. The highest BCUT2D eigenvalue weighted by Gasteiger charge is 2.14. The summed E-state index contributed by atoms with van der Waals surface area (Å²) in [4.78, 5) is 0. The lowest BCUT2D eigenvalue weighted by molar-refractivity contribution is 0.371. The molecule has 0 aromatic heterocycles. The van der Waals surface area contributed by atoms with Gasteiger partial charge in [-0.05, 0) is 42.5 Å². The Morgan fingerprint density at radius 3 is 2.64 bits per heavy atom. The Hall–Kier alpha value is -1.44. The van der Waals surface area contributed by atoms with Crippen molar-refractivity contribution in [3.63, 3.8) is 0 Å². The Labute approximate surface area is 84.4 Å². The highest BCUT2D eigenvalue weighted by molar-refractivity contribution is 5.71. The van der Waals surface area contributed by atoms with Crippen molar-refractivity contribution in [3.05, 3.63) is 35.4 Å². The van der Waals surface area contributed by atoms with Crippen LogP contribution < -0.4 is 5.73 Å². The van der Waals surface area contributed by atoms with Gasteiger partial charge in [-0.2, -0.15) is 0 Å². The van der Waals surface area contributed by atoms with Gasteiger partial charge in [-0.15, -0.1) is 0 Å². The van der Waals surface area contributed by atoms with Crippen LogP contribution in [0.1, 0.15) is 23.1 Å². The van der Waals surface area contributed by atoms with E-state index >= 15 is 0 Å². The van der Waals surface area contributed by atoms with Gasteiger partial charge in [-0.1, -0.05) is 6.58 Å². The molecule has 0 fully saturated rings. The molecule has 0 aliphatic heterocycles. The minimum Gasteiger partial charge on any atom is -0.497 e. The second-order valence-electron chi connectivity index (χ2n) is 3.69. The average Bonchev–Trinajstić information content (AvgIpc) is 2.62. The minimum absolute atomic E-state index is 0.650. The number of nitrogen functional groups attached to an aromatic ring is 1. The van der Waals surface area contributed by atoms with E-state index in [-0.39, 0.29) is 0 Å². The number of aryl methyl sites for hydroxylation is 2. The SMILES string of the molecule is C=C(OC)c1cc2c(cc1N)CCC2. The Morgan fingerprint density at radius 1 is 1.36 bits per heavy atom. The van der Waals surface area contributed by atoms with Gasteiger partial charge in [-0.25, -0.2) is 0 Å². The lowest BCUT2D eigenvalue weighted by atomic mass is 10.0. The summed E-state index contributed by atoms with van der Waals surface area (Å²) in [7, 11) is 1.62. The molecule has 0 unspecified atom stereocenters. The summed E-state index contributed by atoms with van der Waals surface area (Å²) in [6.45, 7) is 3.83. The first kappa shape index (κ1) is 9.13. The first-order valence-electron chi connectivity index (χ1n) is 4.87. The summed E-state index contributed by atoms with van der Waals surface area (Å²) in [5.41, 5.74) is 10.4. The van der Waals surface area contributed by atoms with Crippen LogP contribution >= 0.6 is 0 Å². The third-order valence-electron chi connectivity index (χ3n) is 2.81. The van der Waals surface area contributed by atoms with Crippen molar-refractivity contribution in [1.29, 1.82) is 0 Å². The largest absolute Gasteiger partial charge is 0.497 e. The number of ether oxygens (including phenoxy) is 1. The third kappa shape index (κ3) is 1.37. The maximum atomic E-state index is 5.93. The zero-order valence-corrected chi connectivity index (χ0v) is 8.47. The van der Waals surface area contributed by atoms with Crippen molar-refractivity contribution in [1.82, 2.24) is 0 Å². The molecule has 0 radical (unpaired) electrons. The number of methoxy groups -OCH3 is 1. The van der Waals surface area contributed by atoms with Crippen molar-refractivity contribution in [2.24, 2.45) is 0 Å². The fourth-order valence-electron chi connectivity index (χ4n) is 1.99. The lowest BCUT2D eigenvalue weighted by Crippen LogP contribution is -1.97. The van der Waals surface area contributed by atoms with E-state index in [9.17, 15) is 0 Å². The smallest absolute Gasteiger partial charge is 0.121 e. The Morgan fingerprint density at radius 2 is 2.00 bits per heavy atom. The molecule has 0 saturated carbocycles. The van der Waals surface area contributed by atoms with Gasteiger partial charge in [-0.3, -0.25) is 0 Å². The molecule has 2 N–H and O–H groups in total. The summed E-state index contributed by atoms with van der Waals surface area (Å²) < 4.78 is 5.10. The van der Waals surface area contributed by atoms with Crippen molar-refractivity contribution < 1.29 is 4.74 Å². The zero-order chi connectivity index (χ0) is 10.1. The van der Waals surface area contributed by atoms with Gasteiger partial charge >= 0.3 is 0 Å². The maximum Gasteiger partial charge on any atom is 0.121 e. The molecule has 2 rings (SSSR count). The number of hydrogen-bond donors (Lipinski definition) is 1. The molecule has 2 nitrogen and oxygen atoms in total. The number of hydrogen-bond acceptors (Lipinski definition) is 2. The van der Waals surface area contributed by atoms with E-state index in [0.29, 0.717) is 5.76 Å². The van der Waals surface area contributed by atoms with Crippen molar-refractivity contribution in [2.45, 2.75) is 19.3 Å². The Bertz CT molecular complexity index is 382. The van der Waals surface area contributed by atoms with Crippen LogP contribution in [0, 0.1) is 0 Å². The normalized spacial score (nSPS) is 13.8. The van der Waals surface area contributed by atoms with Crippen LogP contribution in [-0.2, 0) is 17.6 Å². The summed E-state index contributed by atoms with van der Waals surface area (Å²) >= 11 is 0.